The van der Waals surface area contributed by atoms with Gasteiger partial charge in [0.1, 0.15) is 0 Å². The van der Waals surface area contributed by atoms with Gasteiger partial charge in [0.15, 0.2) is 5.96 Å². The maximum absolute atomic E-state index is 11.7. The van der Waals surface area contributed by atoms with Gasteiger partial charge in [-0.15, -0.1) is 11.3 Å². The molecule has 1 saturated heterocycles. The van der Waals surface area contributed by atoms with Crippen LogP contribution in [0, 0.1) is 6.92 Å². The first-order chi connectivity index (χ1) is 13.1. The quantitative estimate of drug-likeness (QED) is 0.567. The van der Waals surface area contributed by atoms with Gasteiger partial charge in [0, 0.05) is 51.4 Å². The number of aryl methyl sites for hydroxylation is 1. The van der Waals surface area contributed by atoms with E-state index in [0.717, 1.165) is 42.6 Å². The molecule has 1 aromatic carbocycles. The number of likely N-dealkylation sites (tertiary alicyclic amines) is 1. The molecule has 7 heteroatoms. The number of carbonyl (C=O) groups is 1. The summed E-state index contributed by atoms with van der Waals surface area (Å²) in [5, 5.41) is 9.86. The predicted molar refractivity (Wildman–Crippen MR) is 110 cm³/mol. The summed E-state index contributed by atoms with van der Waals surface area (Å²) in [7, 11) is 1.78. The molecule has 2 N–H and O–H groups in total. The number of nitrogens with one attached hydrogen (secondary N) is 2. The highest BCUT2D eigenvalue weighted by Gasteiger charge is 2.19. The van der Waals surface area contributed by atoms with Gasteiger partial charge in [-0.2, -0.15) is 0 Å². The van der Waals surface area contributed by atoms with Crippen molar-refractivity contribution in [3.05, 3.63) is 51.5 Å². The lowest BCUT2D eigenvalue weighted by Gasteiger charge is -2.16. The summed E-state index contributed by atoms with van der Waals surface area (Å²) < 4.78 is 0. The molecule has 1 aliphatic heterocycles. The van der Waals surface area contributed by atoms with Crippen LogP contribution in [0.15, 0.2) is 34.6 Å². The van der Waals surface area contributed by atoms with Gasteiger partial charge in [0.2, 0.25) is 5.91 Å². The molecule has 27 heavy (non-hydrogen) atoms. The van der Waals surface area contributed by atoms with Gasteiger partial charge in [0.25, 0.3) is 0 Å². The van der Waals surface area contributed by atoms with E-state index >= 15 is 0 Å². The molecule has 0 aliphatic carbocycles. The van der Waals surface area contributed by atoms with Gasteiger partial charge in [-0.1, -0.05) is 24.3 Å². The number of nitrogens with zero attached hydrogens (tertiary/aromatic N) is 3. The molecule has 1 aromatic heterocycles. The summed E-state index contributed by atoms with van der Waals surface area (Å²) in [6.45, 7) is 5.12. The molecule has 0 atom stereocenters. The first-order valence-corrected chi connectivity index (χ1v) is 10.2. The monoisotopic (exact) mass is 385 g/mol. The number of hydrogen-bond acceptors (Lipinski definition) is 4. The zero-order valence-electron chi connectivity index (χ0n) is 16.0. The summed E-state index contributed by atoms with van der Waals surface area (Å²) in [5.41, 5.74) is 3.48. The number of aliphatic imine (C=N–C) groups is 1. The second-order valence-electron chi connectivity index (χ2n) is 6.70. The van der Waals surface area contributed by atoms with Crippen molar-refractivity contribution >= 4 is 23.2 Å². The minimum atomic E-state index is 0.267. The minimum absolute atomic E-state index is 0.267. The summed E-state index contributed by atoms with van der Waals surface area (Å²) >= 11 is 1.68. The van der Waals surface area contributed by atoms with Crippen LogP contribution in [0.3, 0.4) is 0 Å². The molecule has 2 aromatic rings. The molecule has 0 unspecified atom stereocenters. The lowest BCUT2D eigenvalue weighted by atomic mass is 10.1. The Hall–Kier alpha value is -2.41. The van der Waals surface area contributed by atoms with Crippen LogP contribution in [0.4, 0.5) is 0 Å². The molecule has 0 saturated carbocycles. The maximum Gasteiger partial charge on any atom is 0.222 e. The van der Waals surface area contributed by atoms with Crippen LogP contribution in [-0.4, -0.2) is 41.9 Å². The molecule has 2 heterocycles. The summed E-state index contributed by atoms with van der Waals surface area (Å²) in [4.78, 5) is 22.4. The lowest BCUT2D eigenvalue weighted by Crippen LogP contribution is -2.37. The van der Waals surface area contributed by atoms with Crippen molar-refractivity contribution in [2.24, 2.45) is 4.99 Å². The molecular weight excluding hydrogens is 358 g/mol. The van der Waals surface area contributed by atoms with E-state index < -0.39 is 0 Å². The SMILES string of the molecule is CN=C(NCCc1csc(C)n1)NCc1ccc(CN2CCCC2=O)cc1. The Morgan fingerprint density at radius 1 is 1.26 bits per heavy atom. The molecule has 144 valence electrons. The van der Waals surface area contributed by atoms with E-state index in [1.165, 1.54) is 11.1 Å². The van der Waals surface area contributed by atoms with Crippen LogP contribution in [0.2, 0.25) is 0 Å². The number of aromatic nitrogens is 1. The van der Waals surface area contributed by atoms with Gasteiger partial charge in [-0.25, -0.2) is 4.98 Å². The summed E-state index contributed by atoms with van der Waals surface area (Å²) in [6.07, 6.45) is 2.56. The number of amides is 1. The van der Waals surface area contributed by atoms with Crippen molar-refractivity contribution in [1.82, 2.24) is 20.5 Å². The molecule has 0 radical (unpaired) electrons. The second kappa shape index (κ2) is 9.50. The maximum atomic E-state index is 11.7. The van der Waals surface area contributed by atoms with E-state index in [-0.39, 0.29) is 5.91 Å². The van der Waals surface area contributed by atoms with Crippen LogP contribution in [0.5, 0.6) is 0 Å². The van der Waals surface area contributed by atoms with E-state index in [9.17, 15) is 4.79 Å². The Kier molecular flexibility index (Phi) is 6.81. The predicted octanol–water partition coefficient (Wildman–Crippen LogP) is 2.48. The number of hydrogen-bond donors (Lipinski definition) is 2. The molecular formula is C20H27N5OS. The van der Waals surface area contributed by atoms with E-state index in [4.69, 9.17) is 0 Å². The average molecular weight is 386 g/mol. The third-order valence-electron chi connectivity index (χ3n) is 4.59. The molecule has 0 spiro atoms. The number of thiazole rings is 1. The van der Waals surface area contributed by atoms with Gasteiger partial charge in [-0.3, -0.25) is 9.79 Å². The third kappa shape index (κ3) is 5.79. The van der Waals surface area contributed by atoms with E-state index in [1.807, 2.05) is 11.8 Å². The van der Waals surface area contributed by atoms with Crippen LogP contribution < -0.4 is 10.6 Å². The highest BCUT2D eigenvalue weighted by Crippen LogP contribution is 2.14. The van der Waals surface area contributed by atoms with Crippen LogP contribution in [0.1, 0.15) is 34.7 Å². The van der Waals surface area contributed by atoms with Crippen LogP contribution >= 0.6 is 11.3 Å². The highest BCUT2D eigenvalue weighted by atomic mass is 32.1. The lowest BCUT2D eigenvalue weighted by molar-refractivity contribution is -0.128. The van der Waals surface area contributed by atoms with Crippen LogP contribution in [0.25, 0.3) is 0 Å². The Morgan fingerprint density at radius 2 is 2.04 bits per heavy atom. The molecule has 1 aliphatic rings. The summed E-state index contributed by atoms with van der Waals surface area (Å²) in [5.74, 6) is 1.05. The zero-order chi connectivity index (χ0) is 19.1. The summed E-state index contributed by atoms with van der Waals surface area (Å²) in [6, 6.07) is 8.41. The minimum Gasteiger partial charge on any atom is -0.356 e. The molecule has 3 rings (SSSR count). The largest absolute Gasteiger partial charge is 0.356 e. The number of rotatable bonds is 7. The Labute approximate surface area is 164 Å². The van der Waals surface area contributed by atoms with Crippen molar-refractivity contribution in [3.8, 4) is 0 Å². The standard InChI is InChI=1S/C20H27N5OS/c1-15-24-18(14-27-15)9-10-22-20(21-2)23-12-16-5-7-17(8-6-16)13-25-11-3-4-19(25)26/h5-8,14H,3-4,9-13H2,1-2H3,(H2,21,22,23). The molecule has 6 nitrogen and oxygen atoms in total. The van der Waals surface area contributed by atoms with E-state index in [2.05, 4.69) is 50.3 Å². The fraction of sp³-hybridized carbons (Fsp3) is 0.450. The topological polar surface area (TPSA) is 69.6 Å². The Bertz CT molecular complexity index is 784. The third-order valence-corrected chi connectivity index (χ3v) is 5.41. The number of guanidine groups is 1. The van der Waals surface area contributed by atoms with Gasteiger partial charge in [0.05, 0.1) is 10.7 Å². The normalized spacial score (nSPS) is 14.7. The van der Waals surface area contributed by atoms with E-state index in [0.29, 0.717) is 19.5 Å². The second-order valence-corrected chi connectivity index (χ2v) is 7.76. The first-order valence-electron chi connectivity index (χ1n) is 9.35. The smallest absolute Gasteiger partial charge is 0.222 e. The van der Waals surface area contributed by atoms with Gasteiger partial charge < -0.3 is 15.5 Å². The Balaban J connectivity index is 1.41. The van der Waals surface area contributed by atoms with Crippen molar-refractivity contribution < 1.29 is 4.79 Å². The fourth-order valence-electron chi connectivity index (χ4n) is 3.09. The van der Waals surface area contributed by atoms with Crippen molar-refractivity contribution in [2.75, 3.05) is 20.1 Å². The molecule has 0 bridgehead atoms. The first kappa shape index (κ1) is 19.4. The molecule has 1 amide bonds. The van der Waals surface area contributed by atoms with Gasteiger partial charge in [-0.05, 0) is 24.5 Å². The van der Waals surface area contributed by atoms with Crippen molar-refractivity contribution in [2.45, 2.75) is 39.3 Å². The van der Waals surface area contributed by atoms with Crippen molar-refractivity contribution in [3.63, 3.8) is 0 Å². The number of carbonyl (C=O) groups excluding carboxylic acids is 1. The highest BCUT2D eigenvalue weighted by molar-refractivity contribution is 7.09. The van der Waals surface area contributed by atoms with Crippen molar-refractivity contribution in [1.29, 1.82) is 0 Å². The average Bonchev–Trinajstić information content (AvgIpc) is 3.27. The Morgan fingerprint density at radius 3 is 2.67 bits per heavy atom. The number of benzene rings is 1. The molecule has 1 fully saturated rings. The van der Waals surface area contributed by atoms with Gasteiger partial charge >= 0.3 is 0 Å². The zero-order valence-corrected chi connectivity index (χ0v) is 16.8. The van der Waals surface area contributed by atoms with E-state index in [1.54, 1.807) is 18.4 Å². The van der Waals surface area contributed by atoms with Crippen LogP contribution in [-0.2, 0) is 24.3 Å². The fourth-order valence-corrected chi connectivity index (χ4v) is 3.74.